The van der Waals surface area contributed by atoms with E-state index in [9.17, 15) is 23.1 Å². The maximum absolute atomic E-state index is 12.8. The van der Waals surface area contributed by atoms with Crippen LogP contribution in [-0.2, 0) is 11.8 Å². The van der Waals surface area contributed by atoms with Gasteiger partial charge in [0, 0.05) is 31.7 Å². The fraction of sp³-hybridized carbons (Fsp3) is 0.409. The van der Waals surface area contributed by atoms with Crippen LogP contribution in [0.25, 0.3) is 0 Å². The van der Waals surface area contributed by atoms with Gasteiger partial charge >= 0.3 is 6.18 Å². The van der Waals surface area contributed by atoms with Gasteiger partial charge < -0.3 is 15.3 Å². The average Bonchev–Trinajstić information content (AvgIpc) is 2.71. The topological polar surface area (TPSA) is 52.6 Å². The lowest BCUT2D eigenvalue weighted by Crippen LogP contribution is -2.56. The van der Waals surface area contributed by atoms with Crippen LogP contribution >= 0.6 is 0 Å². The Morgan fingerprint density at radius 2 is 1.59 bits per heavy atom. The van der Waals surface area contributed by atoms with E-state index >= 15 is 0 Å². The van der Waals surface area contributed by atoms with Crippen LogP contribution in [0.4, 0.5) is 13.2 Å². The number of amides is 1. The maximum atomic E-state index is 12.8. The summed E-state index contributed by atoms with van der Waals surface area (Å²) >= 11 is 0. The Morgan fingerprint density at radius 3 is 2.07 bits per heavy atom. The second-order valence-electron chi connectivity index (χ2n) is 7.90. The van der Waals surface area contributed by atoms with Crippen LogP contribution in [0.15, 0.2) is 48.5 Å². The Hall–Kier alpha value is -2.38. The summed E-state index contributed by atoms with van der Waals surface area (Å²) in [5.74, 6) is 0.102. The number of rotatable bonds is 3. The van der Waals surface area contributed by atoms with Gasteiger partial charge in [0.25, 0.3) is 5.91 Å². The summed E-state index contributed by atoms with van der Waals surface area (Å²) < 4.78 is 38.1. The maximum Gasteiger partial charge on any atom is 0.416 e. The Balaban J connectivity index is 1.36. The molecule has 0 aliphatic carbocycles. The minimum Gasteiger partial charge on any atom is -0.382 e. The molecule has 0 spiro atoms. The van der Waals surface area contributed by atoms with Crippen LogP contribution in [0.3, 0.4) is 0 Å². The van der Waals surface area contributed by atoms with Crippen LogP contribution in [0.1, 0.15) is 45.8 Å². The van der Waals surface area contributed by atoms with Crippen molar-refractivity contribution in [1.29, 1.82) is 0 Å². The number of halogens is 3. The van der Waals surface area contributed by atoms with Gasteiger partial charge in [0.1, 0.15) is 5.60 Å². The molecule has 4 nitrogen and oxygen atoms in total. The fourth-order valence-corrected chi connectivity index (χ4v) is 4.03. The molecular formula is C22H23F3N2O2. The van der Waals surface area contributed by atoms with Crippen molar-refractivity contribution in [3.05, 3.63) is 70.8 Å². The largest absolute Gasteiger partial charge is 0.416 e. The lowest BCUT2D eigenvalue weighted by molar-refractivity contribution is -0.137. The van der Waals surface area contributed by atoms with Crippen molar-refractivity contribution in [1.82, 2.24) is 10.2 Å². The molecule has 2 aliphatic heterocycles. The SMILES string of the molecule is O=C(c1ccc(C2(O)CNC2)cc1)N1CCC(c2ccc(C(F)(F)F)cc2)CC1. The predicted molar refractivity (Wildman–Crippen MR) is 103 cm³/mol. The number of carbonyl (C=O) groups is 1. The number of hydrogen-bond acceptors (Lipinski definition) is 3. The van der Waals surface area contributed by atoms with Crippen LogP contribution in [0.2, 0.25) is 0 Å². The van der Waals surface area contributed by atoms with Gasteiger partial charge in [-0.25, -0.2) is 0 Å². The highest BCUT2D eigenvalue weighted by Crippen LogP contribution is 2.33. The van der Waals surface area contributed by atoms with E-state index in [0.29, 0.717) is 31.7 Å². The molecule has 4 rings (SSSR count). The number of nitrogens with one attached hydrogen (secondary N) is 1. The number of β-amino-alcohol motifs (C(OH)–C–C–N with tert-alkyl or cyclic N) is 1. The molecule has 0 saturated carbocycles. The zero-order chi connectivity index (χ0) is 20.6. The van der Waals surface area contributed by atoms with Crippen molar-refractivity contribution >= 4 is 5.91 Å². The van der Waals surface area contributed by atoms with Gasteiger partial charge in [-0.3, -0.25) is 4.79 Å². The zero-order valence-corrected chi connectivity index (χ0v) is 15.9. The van der Waals surface area contributed by atoms with Gasteiger partial charge in [-0.2, -0.15) is 13.2 Å². The number of aliphatic hydroxyl groups is 1. The van der Waals surface area contributed by atoms with Crippen LogP contribution in [0.5, 0.6) is 0 Å². The van der Waals surface area contributed by atoms with Crippen molar-refractivity contribution in [2.24, 2.45) is 0 Å². The van der Waals surface area contributed by atoms with Gasteiger partial charge in [0.15, 0.2) is 0 Å². The molecule has 154 valence electrons. The van der Waals surface area contributed by atoms with Gasteiger partial charge in [0.05, 0.1) is 5.56 Å². The number of alkyl halides is 3. The minimum atomic E-state index is -4.32. The second-order valence-corrected chi connectivity index (χ2v) is 7.90. The molecule has 0 unspecified atom stereocenters. The van der Waals surface area contributed by atoms with E-state index in [-0.39, 0.29) is 11.8 Å². The van der Waals surface area contributed by atoms with Gasteiger partial charge in [-0.1, -0.05) is 24.3 Å². The summed E-state index contributed by atoms with van der Waals surface area (Å²) in [4.78, 5) is 14.6. The number of likely N-dealkylation sites (tertiary alicyclic amines) is 1. The number of hydrogen-bond donors (Lipinski definition) is 2. The lowest BCUT2D eigenvalue weighted by Gasteiger charge is -2.38. The molecule has 2 fully saturated rings. The van der Waals surface area contributed by atoms with Crippen molar-refractivity contribution in [2.45, 2.75) is 30.5 Å². The Bertz CT molecular complexity index is 866. The van der Waals surface area contributed by atoms with Gasteiger partial charge in [-0.05, 0) is 54.2 Å². The third-order valence-electron chi connectivity index (χ3n) is 6.00. The number of piperidine rings is 1. The highest BCUT2D eigenvalue weighted by atomic mass is 19.4. The fourth-order valence-electron chi connectivity index (χ4n) is 4.03. The Morgan fingerprint density at radius 1 is 1.00 bits per heavy atom. The molecule has 0 radical (unpaired) electrons. The molecule has 2 aromatic rings. The summed E-state index contributed by atoms with van der Waals surface area (Å²) in [5, 5.41) is 13.4. The number of benzene rings is 2. The van der Waals surface area contributed by atoms with Crippen molar-refractivity contribution in [3.8, 4) is 0 Å². The van der Waals surface area contributed by atoms with E-state index in [0.717, 1.165) is 36.1 Å². The molecule has 0 atom stereocenters. The molecule has 7 heteroatoms. The summed E-state index contributed by atoms with van der Waals surface area (Å²) in [6.45, 7) is 2.16. The third kappa shape index (κ3) is 4.02. The van der Waals surface area contributed by atoms with E-state index in [1.54, 1.807) is 41.3 Å². The molecule has 2 saturated heterocycles. The first-order valence-electron chi connectivity index (χ1n) is 9.76. The molecule has 2 heterocycles. The first-order chi connectivity index (χ1) is 13.8. The third-order valence-corrected chi connectivity index (χ3v) is 6.00. The van der Waals surface area contributed by atoms with Crippen molar-refractivity contribution in [3.63, 3.8) is 0 Å². The number of carbonyl (C=O) groups excluding carboxylic acids is 1. The van der Waals surface area contributed by atoms with Gasteiger partial charge in [-0.15, -0.1) is 0 Å². The first kappa shape index (κ1) is 19.9. The molecule has 29 heavy (non-hydrogen) atoms. The van der Waals surface area contributed by atoms with Crippen molar-refractivity contribution in [2.75, 3.05) is 26.2 Å². The smallest absolute Gasteiger partial charge is 0.382 e. The van der Waals surface area contributed by atoms with Crippen molar-refractivity contribution < 1.29 is 23.1 Å². The van der Waals surface area contributed by atoms with E-state index in [1.807, 2.05) is 0 Å². The highest BCUT2D eigenvalue weighted by Gasteiger charge is 2.36. The normalized spacial score (nSPS) is 19.7. The quantitative estimate of drug-likeness (QED) is 0.823. The molecule has 0 aromatic heterocycles. The minimum absolute atomic E-state index is 0.0545. The summed E-state index contributed by atoms with van der Waals surface area (Å²) in [6, 6.07) is 12.4. The predicted octanol–water partition coefficient (Wildman–Crippen LogP) is 3.52. The molecule has 2 N–H and O–H groups in total. The molecule has 0 bridgehead atoms. The van der Waals surface area contributed by atoms with E-state index in [2.05, 4.69) is 5.32 Å². The Labute approximate surface area is 167 Å². The second kappa shape index (κ2) is 7.46. The van der Waals surface area contributed by atoms with E-state index in [1.165, 1.54) is 0 Å². The zero-order valence-electron chi connectivity index (χ0n) is 15.9. The molecular weight excluding hydrogens is 381 g/mol. The summed E-state index contributed by atoms with van der Waals surface area (Å²) in [5.41, 5.74) is 0.782. The first-order valence-corrected chi connectivity index (χ1v) is 9.76. The van der Waals surface area contributed by atoms with Crippen LogP contribution in [-0.4, -0.2) is 42.1 Å². The monoisotopic (exact) mass is 404 g/mol. The molecule has 1 amide bonds. The summed E-state index contributed by atoms with van der Waals surface area (Å²) in [7, 11) is 0. The van der Waals surface area contributed by atoms with Gasteiger partial charge in [0.2, 0.25) is 0 Å². The molecule has 2 aromatic carbocycles. The average molecular weight is 404 g/mol. The van der Waals surface area contributed by atoms with Crippen LogP contribution < -0.4 is 5.32 Å². The van der Waals surface area contributed by atoms with E-state index in [4.69, 9.17) is 0 Å². The highest BCUT2D eigenvalue weighted by molar-refractivity contribution is 5.94. The Kier molecular flexibility index (Phi) is 5.12. The van der Waals surface area contributed by atoms with E-state index < -0.39 is 17.3 Å². The lowest BCUT2D eigenvalue weighted by atomic mass is 9.87. The van der Waals surface area contributed by atoms with Crippen LogP contribution in [0, 0.1) is 0 Å². The molecule has 2 aliphatic rings. The number of nitrogens with zero attached hydrogens (tertiary/aromatic N) is 1. The summed E-state index contributed by atoms with van der Waals surface area (Å²) in [6.07, 6.45) is -2.88. The standard InChI is InChI=1S/C22H23F3N2O2/c23-22(24,25)19-7-1-15(2-8-19)16-9-11-27(12-10-16)20(28)17-3-5-18(6-4-17)21(29)13-26-14-21/h1-8,16,26,29H,9-14H2.